The first-order valence-electron chi connectivity index (χ1n) is 11.8. The molecule has 0 atom stereocenters. The Morgan fingerprint density at radius 3 is 2.77 bits per heavy atom. The lowest BCUT2D eigenvalue weighted by Crippen LogP contribution is -2.38. The van der Waals surface area contributed by atoms with E-state index >= 15 is 0 Å². The number of benzene rings is 2. The van der Waals surface area contributed by atoms with Gasteiger partial charge < -0.3 is 19.4 Å². The molecule has 0 spiro atoms. The van der Waals surface area contributed by atoms with E-state index in [1.165, 1.54) is 0 Å². The van der Waals surface area contributed by atoms with Crippen LogP contribution in [-0.2, 0) is 11.3 Å². The first kappa shape index (κ1) is 21.6. The molecule has 178 valence electrons. The third kappa shape index (κ3) is 4.31. The van der Waals surface area contributed by atoms with Gasteiger partial charge in [-0.3, -0.25) is 4.90 Å². The van der Waals surface area contributed by atoms with Crippen LogP contribution in [-0.4, -0.2) is 69.0 Å². The summed E-state index contributed by atoms with van der Waals surface area (Å²) in [6.45, 7) is 5.44. The van der Waals surface area contributed by atoms with E-state index in [-0.39, 0.29) is 0 Å². The molecule has 1 aliphatic heterocycles. The molecule has 2 aromatic carbocycles. The van der Waals surface area contributed by atoms with Gasteiger partial charge in [0.15, 0.2) is 0 Å². The van der Waals surface area contributed by atoms with Crippen LogP contribution in [0.2, 0.25) is 0 Å². The highest BCUT2D eigenvalue weighted by Crippen LogP contribution is 2.31. The first-order valence-corrected chi connectivity index (χ1v) is 11.8. The number of hydrogen-bond acceptors (Lipinski definition) is 7. The van der Waals surface area contributed by atoms with Crippen molar-refractivity contribution in [1.29, 1.82) is 0 Å². The Balaban J connectivity index is 1.26. The molecule has 0 aliphatic carbocycles. The van der Waals surface area contributed by atoms with Crippen molar-refractivity contribution in [2.24, 2.45) is 0 Å². The van der Waals surface area contributed by atoms with Gasteiger partial charge in [-0.25, -0.2) is 14.5 Å². The minimum atomic E-state index is 0.517. The Labute approximate surface area is 202 Å². The second-order valence-electron chi connectivity index (χ2n) is 8.56. The van der Waals surface area contributed by atoms with Gasteiger partial charge >= 0.3 is 0 Å². The second kappa shape index (κ2) is 9.36. The number of nitrogens with one attached hydrogen (secondary N) is 1. The number of anilines is 2. The fraction of sp³-hybridized carbons (Fsp3) is 0.269. The Kier molecular flexibility index (Phi) is 5.77. The maximum Gasteiger partial charge on any atom is 0.245 e. The van der Waals surface area contributed by atoms with E-state index in [9.17, 15) is 0 Å². The zero-order valence-corrected chi connectivity index (χ0v) is 19.6. The maximum absolute atomic E-state index is 5.56. The van der Waals surface area contributed by atoms with Crippen LogP contribution in [0.25, 0.3) is 27.8 Å². The van der Waals surface area contributed by atoms with Gasteiger partial charge in [-0.2, -0.15) is 0 Å². The lowest BCUT2D eigenvalue weighted by molar-refractivity contribution is 0.0365. The number of morpholine rings is 1. The summed E-state index contributed by atoms with van der Waals surface area (Å²) in [7, 11) is 1.68. The van der Waals surface area contributed by atoms with Crippen LogP contribution in [0, 0.1) is 0 Å². The van der Waals surface area contributed by atoms with E-state index < -0.39 is 0 Å². The molecular weight excluding hydrogens is 442 g/mol. The number of ether oxygens (including phenoxy) is 2. The maximum atomic E-state index is 5.56. The summed E-state index contributed by atoms with van der Waals surface area (Å²) in [5.41, 5.74) is 5.80. The first-order chi connectivity index (χ1) is 17.3. The molecule has 0 bridgehead atoms. The van der Waals surface area contributed by atoms with Crippen molar-refractivity contribution in [2.45, 2.75) is 6.54 Å². The van der Waals surface area contributed by atoms with Crippen molar-refractivity contribution in [2.75, 3.05) is 45.3 Å². The van der Waals surface area contributed by atoms with Crippen LogP contribution < -0.4 is 10.1 Å². The quantitative estimate of drug-likeness (QED) is 0.388. The largest absolute Gasteiger partial charge is 0.496 e. The molecule has 0 unspecified atom stereocenters. The van der Waals surface area contributed by atoms with E-state index in [4.69, 9.17) is 14.6 Å². The molecule has 0 radical (unpaired) electrons. The van der Waals surface area contributed by atoms with Crippen LogP contribution in [0.1, 0.15) is 0 Å². The number of fused-ring (bicyclic) bond motifs is 2. The Hall–Kier alpha value is -3.95. The van der Waals surface area contributed by atoms with Crippen molar-refractivity contribution in [1.82, 2.24) is 29.0 Å². The van der Waals surface area contributed by atoms with Crippen LogP contribution in [0.4, 0.5) is 11.6 Å². The van der Waals surface area contributed by atoms with Crippen LogP contribution in [0.3, 0.4) is 0 Å². The smallest absolute Gasteiger partial charge is 0.245 e. The molecule has 35 heavy (non-hydrogen) atoms. The van der Waals surface area contributed by atoms with Gasteiger partial charge in [0.2, 0.25) is 5.95 Å². The normalized spacial score (nSPS) is 14.5. The van der Waals surface area contributed by atoms with Gasteiger partial charge in [0.05, 0.1) is 55.1 Å². The average Bonchev–Trinajstić information content (AvgIpc) is 3.51. The summed E-state index contributed by atoms with van der Waals surface area (Å²) in [5, 5.41) is 8.13. The summed E-state index contributed by atoms with van der Waals surface area (Å²) in [4.78, 5) is 11.5. The van der Waals surface area contributed by atoms with Crippen molar-refractivity contribution >= 4 is 28.2 Å². The molecule has 1 aliphatic rings. The van der Waals surface area contributed by atoms with Gasteiger partial charge in [0.1, 0.15) is 5.75 Å². The molecule has 1 N–H and O–H groups in total. The minimum Gasteiger partial charge on any atom is -0.496 e. The van der Waals surface area contributed by atoms with Gasteiger partial charge in [-0.1, -0.05) is 12.1 Å². The number of hydrogen-bond donors (Lipinski definition) is 1. The van der Waals surface area contributed by atoms with E-state index in [0.717, 1.165) is 78.6 Å². The Morgan fingerprint density at radius 1 is 1.00 bits per heavy atom. The predicted molar refractivity (Wildman–Crippen MR) is 135 cm³/mol. The molecule has 6 rings (SSSR count). The fourth-order valence-corrected chi connectivity index (χ4v) is 4.53. The molecule has 3 aromatic heterocycles. The molecule has 4 heterocycles. The molecule has 9 nitrogen and oxygen atoms in total. The highest BCUT2D eigenvalue weighted by atomic mass is 16.5. The Morgan fingerprint density at radius 2 is 1.89 bits per heavy atom. The van der Waals surface area contributed by atoms with Gasteiger partial charge in [-0.15, -0.1) is 5.10 Å². The average molecular weight is 470 g/mol. The third-order valence-corrected chi connectivity index (χ3v) is 6.42. The van der Waals surface area contributed by atoms with Crippen molar-refractivity contribution in [3.8, 4) is 17.0 Å². The second-order valence-corrected chi connectivity index (χ2v) is 8.56. The highest BCUT2D eigenvalue weighted by molar-refractivity contribution is 5.80. The molecule has 5 aromatic rings. The van der Waals surface area contributed by atoms with Crippen molar-refractivity contribution in [3.63, 3.8) is 0 Å². The zero-order valence-electron chi connectivity index (χ0n) is 19.6. The van der Waals surface area contributed by atoms with Gasteiger partial charge in [0.25, 0.3) is 0 Å². The topological polar surface area (TPSA) is 81.7 Å². The number of aromatic nitrogens is 5. The zero-order chi connectivity index (χ0) is 23.6. The number of para-hydroxylation sites is 1. The molecule has 1 fully saturated rings. The van der Waals surface area contributed by atoms with E-state index in [1.807, 2.05) is 65.6 Å². The van der Waals surface area contributed by atoms with E-state index in [1.54, 1.807) is 7.11 Å². The molecule has 0 saturated carbocycles. The molecular formula is C26H27N7O2. The third-order valence-electron chi connectivity index (χ3n) is 6.42. The van der Waals surface area contributed by atoms with Gasteiger partial charge in [0, 0.05) is 37.4 Å². The summed E-state index contributed by atoms with van der Waals surface area (Å²) < 4.78 is 15.1. The minimum absolute atomic E-state index is 0.517. The van der Waals surface area contributed by atoms with Crippen molar-refractivity contribution < 1.29 is 9.47 Å². The number of methoxy groups -OCH3 is 1. The summed E-state index contributed by atoms with van der Waals surface area (Å²) >= 11 is 0. The lowest BCUT2D eigenvalue weighted by Gasteiger charge is -2.26. The van der Waals surface area contributed by atoms with E-state index in [2.05, 4.69) is 30.8 Å². The van der Waals surface area contributed by atoms with E-state index in [0.29, 0.717) is 5.95 Å². The standard InChI is InChI=1S/C26H27N7O2/c1-34-25-5-3-2-4-21(25)23-9-7-20-17-27-26(30-33(20)23)29-19-6-8-22-24(16-19)32(18-28-22)11-10-31-12-14-35-15-13-31/h2-9,16-18H,10-15H2,1H3,(H,29,30). The lowest BCUT2D eigenvalue weighted by atomic mass is 10.1. The van der Waals surface area contributed by atoms with Crippen molar-refractivity contribution in [3.05, 3.63) is 67.1 Å². The Bertz CT molecular complexity index is 1470. The van der Waals surface area contributed by atoms with Crippen LogP contribution >= 0.6 is 0 Å². The number of nitrogens with zero attached hydrogens (tertiary/aromatic N) is 6. The highest BCUT2D eigenvalue weighted by Gasteiger charge is 2.13. The number of rotatable bonds is 7. The summed E-state index contributed by atoms with van der Waals surface area (Å²) in [6, 6.07) is 18.1. The molecule has 1 saturated heterocycles. The van der Waals surface area contributed by atoms with Gasteiger partial charge in [-0.05, 0) is 42.5 Å². The van der Waals surface area contributed by atoms with Crippen LogP contribution in [0.15, 0.2) is 67.1 Å². The fourth-order valence-electron chi connectivity index (χ4n) is 4.53. The predicted octanol–water partition coefficient (Wildman–Crippen LogP) is 3.83. The molecule has 9 heteroatoms. The monoisotopic (exact) mass is 469 g/mol. The molecule has 0 amide bonds. The number of imidazole rings is 1. The summed E-state index contributed by atoms with van der Waals surface area (Å²) in [5.74, 6) is 1.32. The SMILES string of the molecule is COc1ccccc1-c1ccc2cnc(Nc3ccc4ncn(CCN5CCOCC5)c4c3)nn12. The van der Waals surface area contributed by atoms with Crippen LogP contribution in [0.5, 0.6) is 5.75 Å². The summed E-state index contributed by atoms with van der Waals surface area (Å²) in [6.07, 6.45) is 3.73.